The highest BCUT2D eigenvalue weighted by Crippen LogP contribution is 2.22. The zero-order chi connectivity index (χ0) is 12.9. The van der Waals surface area contributed by atoms with Gasteiger partial charge in [0, 0.05) is 30.7 Å². The van der Waals surface area contributed by atoms with E-state index in [4.69, 9.17) is 13.6 Å². The number of carbonyl (C=O) groups excluding carboxylic acids is 1. The van der Waals surface area contributed by atoms with E-state index < -0.39 is 8.56 Å². The highest BCUT2D eigenvalue weighted by molar-refractivity contribution is 6.66. The van der Waals surface area contributed by atoms with Gasteiger partial charge in [-0.1, -0.05) is 13.5 Å². The maximum absolute atomic E-state index is 11.2. The first-order chi connectivity index (χ1) is 7.97. The van der Waals surface area contributed by atoms with E-state index in [0.29, 0.717) is 24.1 Å². The summed E-state index contributed by atoms with van der Waals surface area (Å²) in [6.45, 7) is 11.2. The van der Waals surface area contributed by atoms with Gasteiger partial charge in [-0.15, -0.1) is 0 Å². The molecule has 0 aromatic heterocycles. The van der Waals surface area contributed by atoms with E-state index in [-0.39, 0.29) is 5.97 Å². The number of hydrogen-bond donors (Lipinski definition) is 0. The smallest absolute Gasteiger partial charge is 0.338 e. The van der Waals surface area contributed by atoms with Gasteiger partial charge >= 0.3 is 14.5 Å². The van der Waals surface area contributed by atoms with E-state index in [1.807, 2.05) is 6.55 Å². The normalized spacial score (nSPS) is 28.8. The summed E-state index contributed by atoms with van der Waals surface area (Å²) in [5.74, 6) is 0.165. The summed E-state index contributed by atoms with van der Waals surface area (Å²) in [7, 11) is -2.10. The first-order valence-electron chi connectivity index (χ1n) is 6.07. The number of rotatable bonds is 5. The van der Waals surface area contributed by atoms with Crippen LogP contribution in [0.2, 0.25) is 12.6 Å². The summed E-state index contributed by atoms with van der Waals surface area (Å²) in [5, 5.41) is 0. The average molecular weight is 258 g/mol. The second kappa shape index (κ2) is 6.33. The molecule has 1 aliphatic rings. The van der Waals surface area contributed by atoms with Crippen molar-refractivity contribution in [1.82, 2.24) is 0 Å². The maximum Gasteiger partial charge on any atom is 0.338 e. The maximum atomic E-state index is 11.2. The first kappa shape index (κ1) is 14.4. The standard InChI is InChI=1S/C12H22O4Si/c1-5-11-8-15-17(4,16-9-11)7-6-14-12(13)10(2)3/h11H,2,5-9H2,1,3-4H3. The van der Waals surface area contributed by atoms with Gasteiger partial charge in [0.05, 0.1) is 6.61 Å². The van der Waals surface area contributed by atoms with E-state index in [2.05, 4.69) is 13.5 Å². The molecule has 0 amide bonds. The molecular weight excluding hydrogens is 236 g/mol. The van der Waals surface area contributed by atoms with Crippen molar-refractivity contribution < 1.29 is 18.4 Å². The average Bonchev–Trinajstić information content (AvgIpc) is 2.29. The molecule has 17 heavy (non-hydrogen) atoms. The molecule has 1 fully saturated rings. The van der Waals surface area contributed by atoms with E-state index in [9.17, 15) is 4.79 Å². The molecule has 0 radical (unpaired) electrons. The van der Waals surface area contributed by atoms with Crippen LogP contribution in [0.15, 0.2) is 12.2 Å². The zero-order valence-corrected chi connectivity index (χ0v) is 12.0. The van der Waals surface area contributed by atoms with Gasteiger partial charge < -0.3 is 13.6 Å². The Kier molecular flexibility index (Phi) is 5.36. The largest absolute Gasteiger partial charge is 0.462 e. The van der Waals surface area contributed by atoms with Crippen molar-refractivity contribution >= 4 is 14.5 Å². The summed E-state index contributed by atoms with van der Waals surface area (Å²) in [6, 6.07) is 0.683. The Morgan fingerprint density at radius 2 is 2.06 bits per heavy atom. The van der Waals surface area contributed by atoms with Gasteiger partial charge in [-0.25, -0.2) is 4.79 Å². The fourth-order valence-electron chi connectivity index (χ4n) is 1.51. The fraction of sp³-hybridized carbons (Fsp3) is 0.750. The molecule has 1 saturated heterocycles. The van der Waals surface area contributed by atoms with E-state index in [0.717, 1.165) is 19.6 Å². The monoisotopic (exact) mass is 258 g/mol. The molecule has 0 unspecified atom stereocenters. The molecule has 98 valence electrons. The van der Waals surface area contributed by atoms with Crippen LogP contribution in [0.1, 0.15) is 20.3 Å². The highest BCUT2D eigenvalue weighted by Gasteiger charge is 2.36. The van der Waals surface area contributed by atoms with Gasteiger partial charge in [-0.05, 0) is 19.9 Å². The van der Waals surface area contributed by atoms with Crippen LogP contribution in [0.25, 0.3) is 0 Å². The molecule has 0 saturated carbocycles. The SMILES string of the molecule is C=C(C)C(=O)OCC[Si]1(C)OCC(CC)CO1. The predicted octanol–water partition coefficient (Wildman–Crippen LogP) is 2.25. The van der Waals surface area contributed by atoms with Gasteiger partial charge in [0.2, 0.25) is 0 Å². The minimum atomic E-state index is -2.10. The van der Waals surface area contributed by atoms with Crippen LogP contribution in [0.5, 0.6) is 0 Å². The summed E-state index contributed by atoms with van der Waals surface area (Å²) < 4.78 is 16.7. The Hall–Kier alpha value is -0.653. The Labute approximate surface area is 104 Å². The quantitative estimate of drug-likeness (QED) is 0.431. The summed E-state index contributed by atoms with van der Waals surface area (Å²) in [6.07, 6.45) is 1.08. The van der Waals surface area contributed by atoms with Gasteiger partial charge in [-0.3, -0.25) is 0 Å². The molecule has 0 bridgehead atoms. The molecule has 0 aromatic carbocycles. The van der Waals surface area contributed by atoms with Gasteiger partial charge in [0.1, 0.15) is 0 Å². The topological polar surface area (TPSA) is 44.8 Å². The first-order valence-corrected chi connectivity index (χ1v) is 8.60. The van der Waals surface area contributed by atoms with Crippen LogP contribution >= 0.6 is 0 Å². The number of hydrogen-bond acceptors (Lipinski definition) is 4. The minimum absolute atomic E-state index is 0.343. The number of ether oxygens (including phenoxy) is 1. The Bertz CT molecular complexity index is 282. The third-order valence-electron chi connectivity index (χ3n) is 2.96. The van der Waals surface area contributed by atoms with Crippen molar-refractivity contribution in [1.29, 1.82) is 0 Å². The Morgan fingerprint density at radius 3 is 2.53 bits per heavy atom. The summed E-state index contributed by atoms with van der Waals surface area (Å²) in [4.78, 5) is 11.2. The van der Waals surface area contributed by atoms with Crippen LogP contribution < -0.4 is 0 Å². The van der Waals surface area contributed by atoms with Gasteiger partial charge in [-0.2, -0.15) is 0 Å². The van der Waals surface area contributed by atoms with Crippen LogP contribution in [0.3, 0.4) is 0 Å². The van der Waals surface area contributed by atoms with Crippen molar-refractivity contribution in [3.63, 3.8) is 0 Å². The lowest BCUT2D eigenvalue weighted by atomic mass is 10.1. The van der Waals surface area contributed by atoms with Crippen LogP contribution in [-0.2, 0) is 18.4 Å². The van der Waals surface area contributed by atoms with Crippen molar-refractivity contribution in [2.24, 2.45) is 5.92 Å². The lowest BCUT2D eigenvalue weighted by molar-refractivity contribution is -0.138. The van der Waals surface area contributed by atoms with Crippen LogP contribution in [0.4, 0.5) is 0 Å². The third-order valence-corrected chi connectivity index (χ3v) is 5.63. The molecule has 4 nitrogen and oxygen atoms in total. The molecule has 0 spiro atoms. The minimum Gasteiger partial charge on any atom is -0.462 e. The van der Waals surface area contributed by atoms with Crippen LogP contribution in [-0.4, -0.2) is 34.4 Å². The van der Waals surface area contributed by atoms with Crippen molar-refractivity contribution in [2.75, 3.05) is 19.8 Å². The van der Waals surface area contributed by atoms with Gasteiger partial charge in [0.25, 0.3) is 0 Å². The summed E-state index contributed by atoms with van der Waals surface area (Å²) in [5.41, 5.74) is 0.424. The van der Waals surface area contributed by atoms with Crippen LogP contribution in [0, 0.1) is 5.92 Å². The molecule has 5 heteroatoms. The lowest BCUT2D eigenvalue weighted by Gasteiger charge is -2.35. The second-order valence-electron chi connectivity index (χ2n) is 4.70. The molecule has 1 heterocycles. The zero-order valence-electron chi connectivity index (χ0n) is 11.0. The molecule has 0 aliphatic carbocycles. The molecule has 0 atom stereocenters. The molecule has 1 aliphatic heterocycles. The van der Waals surface area contributed by atoms with Crippen molar-refractivity contribution in [3.05, 3.63) is 12.2 Å². The van der Waals surface area contributed by atoms with Crippen molar-refractivity contribution in [2.45, 2.75) is 32.9 Å². The second-order valence-corrected chi connectivity index (χ2v) is 8.04. The molecule has 0 aromatic rings. The number of carbonyl (C=O) groups is 1. The number of esters is 1. The highest BCUT2D eigenvalue weighted by atomic mass is 28.4. The Morgan fingerprint density at radius 1 is 1.47 bits per heavy atom. The molecular formula is C12H22O4Si. The molecule has 1 rings (SSSR count). The van der Waals surface area contributed by atoms with E-state index in [1.54, 1.807) is 6.92 Å². The van der Waals surface area contributed by atoms with Gasteiger partial charge in [0.15, 0.2) is 0 Å². The predicted molar refractivity (Wildman–Crippen MR) is 67.9 cm³/mol. The third kappa shape index (κ3) is 4.61. The Balaban J connectivity index is 2.27. The fourth-order valence-corrected chi connectivity index (χ4v) is 3.53. The molecule has 0 N–H and O–H groups in total. The van der Waals surface area contributed by atoms with Crippen molar-refractivity contribution in [3.8, 4) is 0 Å². The lowest BCUT2D eigenvalue weighted by Crippen LogP contribution is -2.47. The van der Waals surface area contributed by atoms with E-state index in [1.165, 1.54) is 0 Å². The van der Waals surface area contributed by atoms with E-state index >= 15 is 0 Å². The summed E-state index contributed by atoms with van der Waals surface area (Å²) >= 11 is 0.